The second-order valence-corrected chi connectivity index (χ2v) is 4.75. The lowest BCUT2D eigenvalue weighted by Crippen LogP contribution is -2.12. The minimum atomic E-state index is -0.138. The number of pyridine rings is 1. The monoisotopic (exact) mass is 258 g/mol. The molecule has 0 aliphatic rings. The van der Waals surface area contributed by atoms with Gasteiger partial charge in [0, 0.05) is 22.5 Å². The van der Waals surface area contributed by atoms with E-state index in [4.69, 9.17) is 0 Å². The third-order valence-electron chi connectivity index (χ3n) is 2.50. The van der Waals surface area contributed by atoms with Crippen LogP contribution in [0, 0.1) is 6.92 Å². The van der Waals surface area contributed by atoms with Crippen molar-refractivity contribution in [1.82, 2.24) is 4.98 Å². The smallest absolute Gasteiger partial charge is 0.257 e. The van der Waals surface area contributed by atoms with Crippen LogP contribution in [0.15, 0.2) is 47.5 Å². The molecule has 0 spiro atoms. The number of thioether (sulfide) groups is 1. The van der Waals surface area contributed by atoms with Gasteiger partial charge in [-0.15, -0.1) is 11.8 Å². The summed E-state index contributed by atoms with van der Waals surface area (Å²) < 4.78 is 0. The Bertz CT molecular complexity index is 552. The number of hydrogen-bond acceptors (Lipinski definition) is 3. The number of nitrogens with zero attached hydrogens (tertiary/aromatic N) is 1. The molecular formula is C14H14N2OS. The Morgan fingerprint density at radius 3 is 2.78 bits per heavy atom. The predicted molar refractivity (Wildman–Crippen MR) is 75.2 cm³/mol. The number of rotatable bonds is 3. The third kappa shape index (κ3) is 3.11. The molecule has 3 nitrogen and oxygen atoms in total. The number of aromatic nitrogens is 1. The van der Waals surface area contributed by atoms with Crippen LogP contribution in [0.25, 0.3) is 0 Å². The quantitative estimate of drug-likeness (QED) is 0.858. The Kier molecular flexibility index (Phi) is 3.99. The minimum Gasteiger partial charge on any atom is -0.322 e. The molecule has 2 rings (SSSR count). The summed E-state index contributed by atoms with van der Waals surface area (Å²) >= 11 is 1.64. The fourth-order valence-electron chi connectivity index (χ4n) is 1.51. The van der Waals surface area contributed by atoms with E-state index in [0.29, 0.717) is 5.56 Å². The molecule has 18 heavy (non-hydrogen) atoms. The Morgan fingerprint density at radius 2 is 2.11 bits per heavy atom. The molecule has 0 aliphatic heterocycles. The molecule has 1 aromatic heterocycles. The zero-order chi connectivity index (χ0) is 13.0. The van der Waals surface area contributed by atoms with Crippen molar-refractivity contribution in [2.45, 2.75) is 11.8 Å². The first-order chi connectivity index (χ1) is 8.69. The molecule has 0 saturated heterocycles. The van der Waals surface area contributed by atoms with Crippen molar-refractivity contribution in [3.05, 3.63) is 53.9 Å². The van der Waals surface area contributed by atoms with E-state index < -0.39 is 0 Å². The van der Waals surface area contributed by atoms with E-state index in [0.717, 1.165) is 16.3 Å². The molecule has 1 heterocycles. The molecule has 0 bridgehead atoms. The fraction of sp³-hybridized carbons (Fsp3) is 0.143. The summed E-state index contributed by atoms with van der Waals surface area (Å²) in [6.45, 7) is 1.89. The van der Waals surface area contributed by atoms with Crippen LogP contribution >= 0.6 is 11.8 Å². The number of carbonyl (C=O) groups is 1. The van der Waals surface area contributed by atoms with Gasteiger partial charge in [0.05, 0.1) is 5.56 Å². The molecule has 0 saturated carbocycles. The first-order valence-electron chi connectivity index (χ1n) is 5.57. The van der Waals surface area contributed by atoms with E-state index in [1.54, 1.807) is 24.0 Å². The van der Waals surface area contributed by atoms with Gasteiger partial charge < -0.3 is 5.32 Å². The zero-order valence-electron chi connectivity index (χ0n) is 10.3. The first-order valence-corrected chi connectivity index (χ1v) is 6.79. The van der Waals surface area contributed by atoms with E-state index in [9.17, 15) is 4.79 Å². The molecule has 1 N–H and O–H groups in total. The number of amides is 1. The minimum absolute atomic E-state index is 0.138. The Balaban J connectivity index is 2.13. The SMILES string of the molecule is CSc1cccc(NC(=O)c2ccc(C)nc2)c1. The molecule has 0 aliphatic carbocycles. The summed E-state index contributed by atoms with van der Waals surface area (Å²) in [6.07, 6.45) is 3.59. The first kappa shape index (κ1) is 12.6. The Hall–Kier alpha value is -1.81. The van der Waals surface area contributed by atoms with Gasteiger partial charge in [0.2, 0.25) is 0 Å². The second-order valence-electron chi connectivity index (χ2n) is 3.87. The lowest BCUT2D eigenvalue weighted by Gasteiger charge is -2.06. The lowest BCUT2D eigenvalue weighted by molar-refractivity contribution is 0.102. The van der Waals surface area contributed by atoms with Gasteiger partial charge in [0.15, 0.2) is 0 Å². The van der Waals surface area contributed by atoms with Gasteiger partial charge in [-0.2, -0.15) is 0 Å². The molecule has 92 valence electrons. The van der Waals surface area contributed by atoms with Crippen LogP contribution in [0.5, 0.6) is 0 Å². The average Bonchev–Trinajstić information content (AvgIpc) is 2.39. The van der Waals surface area contributed by atoms with E-state index >= 15 is 0 Å². The highest BCUT2D eigenvalue weighted by Gasteiger charge is 2.06. The summed E-state index contributed by atoms with van der Waals surface area (Å²) in [6, 6.07) is 11.4. The standard InChI is InChI=1S/C14H14N2OS/c1-10-6-7-11(9-15-10)14(17)16-12-4-3-5-13(8-12)18-2/h3-9H,1-2H3,(H,16,17). The average molecular weight is 258 g/mol. The Morgan fingerprint density at radius 1 is 1.28 bits per heavy atom. The van der Waals surface area contributed by atoms with Crippen molar-refractivity contribution in [3.8, 4) is 0 Å². The molecule has 0 atom stereocenters. The van der Waals surface area contributed by atoms with Crippen LogP contribution < -0.4 is 5.32 Å². The summed E-state index contributed by atoms with van der Waals surface area (Å²) in [7, 11) is 0. The highest BCUT2D eigenvalue weighted by Crippen LogP contribution is 2.19. The lowest BCUT2D eigenvalue weighted by atomic mass is 10.2. The molecule has 1 aromatic carbocycles. The van der Waals surface area contributed by atoms with Gasteiger partial charge >= 0.3 is 0 Å². The Labute approximate surface area is 111 Å². The normalized spacial score (nSPS) is 10.1. The van der Waals surface area contributed by atoms with Crippen molar-refractivity contribution in [3.63, 3.8) is 0 Å². The fourth-order valence-corrected chi connectivity index (χ4v) is 1.97. The number of carbonyl (C=O) groups excluding carboxylic acids is 1. The van der Waals surface area contributed by atoms with Crippen molar-refractivity contribution in [2.75, 3.05) is 11.6 Å². The van der Waals surface area contributed by atoms with E-state index in [1.807, 2.05) is 43.5 Å². The number of hydrogen-bond donors (Lipinski definition) is 1. The highest BCUT2D eigenvalue weighted by atomic mass is 32.2. The van der Waals surface area contributed by atoms with Crippen molar-refractivity contribution < 1.29 is 4.79 Å². The van der Waals surface area contributed by atoms with E-state index in [2.05, 4.69) is 10.3 Å². The molecule has 0 fully saturated rings. The van der Waals surface area contributed by atoms with E-state index in [-0.39, 0.29) is 5.91 Å². The molecular weight excluding hydrogens is 244 g/mol. The van der Waals surface area contributed by atoms with E-state index in [1.165, 1.54) is 0 Å². The summed E-state index contributed by atoms with van der Waals surface area (Å²) in [5.41, 5.74) is 2.26. The summed E-state index contributed by atoms with van der Waals surface area (Å²) in [5, 5.41) is 2.86. The third-order valence-corrected chi connectivity index (χ3v) is 3.23. The maximum atomic E-state index is 12.0. The number of nitrogens with one attached hydrogen (secondary N) is 1. The van der Waals surface area contributed by atoms with Crippen molar-refractivity contribution >= 4 is 23.4 Å². The zero-order valence-corrected chi connectivity index (χ0v) is 11.1. The van der Waals surface area contributed by atoms with Crippen LogP contribution in [0.4, 0.5) is 5.69 Å². The van der Waals surface area contributed by atoms with Gasteiger partial charge in [-0.1, -0.05) is 6.07 Å². The van der Waals surface area contributed by atoms with Crippen LogP contribution in [0.1, 0.15) is 16.1 Å². The molecule has 0 radical (unpaired) electrons. The molecule has 1 amide bonds. The van der Waals surface area contributed by atoms with Gasteiger partial charge in [-0.25, -0.2) is 0 Å². The highest BCUT2D eigenvalue weighted by molar-refractivity contribution is 7.98. The van der Waals surface area contributed by atoms with Crippen LogP contribution in [0.3, 0.4) is 0 Å². The maximum Gasteiger partial charge on any atom is 0.257 e. The number of benzene rings is 1. The van der Waals surface area contributed by atoms with Crippen molar-refractivity contribution in [1.29, 1.82) is 0 Å². The number of aryl methyl sites for hydroxylation is 1. The van der Waals surface area contributed by atoms with Gasteiger partial charge in [-0.3, -0.25) is 9.78 Å². The van der Waals surface area contributed by atoms with Crippen molar-refractivity contribution in [2.24, 2.45) is 0 Å². The van der Waals surface area contributed by atoms with Crippen LogP contribution in [-0.4, -0.2) is 17.1 Å². The topological polar surface area (TPSA) is 42.0 Å². The van der Waals surface area contributed by atoms with Crippen LogP contribution in [-0.2, 0) is 0 Å². The summed E-state index contributed by atoms with van der Waals surface area (Å²) in [5.74, 6) is -0.138. The molecule has 2 aromatic rings. The predicted octanol–water partition coefficient (Wildman–Crippen LogP) is 3.36. The maximum absolute atomic E-state index is 12.0. The van der Waals surface area contributed by atoms with Gasteiger partial charge in [0.25, 0.3) is 5.91 Å². The van der Waals surface area contributed by atoms with Crippen LogP contribution in [0.2, 0.25) is 0 Å². The number of anilines is 1. The second kappa shape index (κ2) is 5.69. The van der Waals surface area contributed by atoms with Gasteiger partial charge in [0.1, 0.15) is 0 Å². The molecule has 4 heteroatoms. The molecule has 0 unspecified atom stereocenters. The largest absolute Gasteiger partial charge is 0.322 e. The van der Waals surface area contributed by atoms with Gasteiger partial charge in [-0.05, 0) is 43.5 Å². The summed E-state index contributed by atoms with van der Waals surface area (Å²) in [4.78, 5) is 17.2.